The first-order valence-electron chi connectivity index (χ1n) is 8.90. The van der Waals surface area contributed by atoms with Crippen LogP contribution in [-0.2, 0) is 0 Å². The van der Waals surface area contributed by atoms with E-state index >= 15 is 0 Å². The summed E-state index contributed by atoms with van der Waals surface area (Å²) >= 11 is 1.96. The highest BCUT2D eigenvalue weighted by Crippen LogP contribution is 2.39. The molecule has 2 unspecified atom stereocenters. The van der Waals surface area contributed by atoms with Gasteiger partial charge in [-0.25, -0.2) is 0 Å². The highest BCUT2D eigenvalue weighted by molar-refractivity contribution is 8.14. The lowest BCUT2D eigenvalue weighted by atomic mass is 9.78. The first kappa shape index (κ1) is 17.2. The predicted octanol–water partition coefficient (Wildman–Crippen LogP) is 5.23. The summed E-state index contributed by atoms with van der Waals surface area (Å²) < 4.78 is 0. The SMILES string of the molecule is CCCCCC(C)(C)CN=C1NC2(CCCC(C)C2)CS1. The molecule has 0 aromatic carbocycles. The van der Waals surface area contributed by atoms with Crippen LogP contribution in [0.1, 0.15) is 79.1 Å². The fourth-order valence-electron chi connectivity index (χ4n) is 3.71. The molecule has 0 bridgehead atoms. The van der Waals surface area contributed by atoms with Crippen molar-refractivity contribution in [2.24, 2.45) is 16.3 Å². The molecule has 2 aliphatic rings. The monoisotopic (exact) mass is 310 g/mol. The zero-order valence-corrected chi connectivity index (χ0v) is 15.3. The van der Waals surface area contributed by atoms with Crippen molar-refractivity contribution in [2.75, 3.05) is 12.3 Å². The van der Waals surface area contributed by atoms with E-state index in [-0.39, 0.29) is 0 Å². The molecule has 2 atom stereocenters. The van der Waals surface area contributed by atoms with Crippen LogP contribution in [-0.4, -0.2) is 23.0 Å². The summed E-state index contributed by atoms with van der Waals surface area (Å²) in [5, 5.41) is 5.00. The van der Waals surface area contributed by atoms with Crippen LogP contribution >= 0.6 is 11.8 Å². The Labute approximate surface area is 135 Å². The van der Waals surface area contributed by atoms with Gasteiger partial charge in [0.15, 0.2) is 5.17 Å². The topological polar surface area (TPSA) is 24.4 Å². The number of thioether (sulfide) groups is 1. The zero-order valence-electron chi connectivity index (χ0n) is 14.5. The predicted molar refractivity (Wildman–Crippen MR) is 96.2 cm³/mol. The summed E-state index contributed by atoms with van der Waals surface area (Å²) in [5.74, 6) is 2.10. The van der Waals surface area contributed by atoms with E-state index in [0.29, 0.717) is 11.0 Å². The number of amidine groups is 1. The molecule has 2 fully saturated rings. The van der Waals surface area contributed by atoms with Gasteiger partial charge in [0, 0.05) is 17.8 Å². The molecule has 1 spiro atoms. The summed E-state index contributed by atoms with van der Waals surface area (Å²) in [6.07, 6.45) is 10.8. The van der Waals surface area contributed by atoms with Crippen molar-refractivity contribution in [3.05, 3.63) is 0 Å². The second-order valence-electron chi connectivity index (χ2n) is 8.14. The molecule has 2 rings (SSSR count). The highest BCUT2D eigenvalue weighted by atomic mass is 32.2. The Hall–Kier alpha value is -0.180. The molecular weight excluding hydrogens is 276 g/mol. The third kappa shape index (κ3) is 5.19. The molecule has 1 aliphatic heterocycles. The fraction of sp³-hybridized carbons (Fsp3) is 0.944. The number of rotatable bonds is 6. The second-order valence-corrected chi connectivity index (χ2v) is 9.10. The Morgan fingerprint density at radius 2 is 2.19 bits per heavy atom. The second kappa shape index (κ2) is 7.39. The Kier molecular flexibility index (Phi) is 6.05. The van der Waals surface area contributed by atoms with E-state index < -0.39 is 0 Å². The Morgan fingerprint density at radius 1 is 1.38 bits per heavy atom. The molecule has 0 amide bonds. The maximum absolute atomic E-state index is 4.92. The fourth-order valence-corrected chi connectivity index (χ4v) is 4.91. The van der Waals surface area contributed by atoms with Crippen LogP contribution in [0.3, 0.4) is 0 Å². The quantitative estimate of drug-likeness (QED) is 0.679. The third-order valence-corrected chi connectivity index (χ3v) is 6.26. The van der Waals surface area contributed by atoms with Crippen LogP contribution in [0.5, 0.6) is 0 Å². The van der Waals surface area contributed by atoms with Crippen LogP contribution in [0.25, 0.3) is 0 Å². The molecule has 122 valence electrons. The first-order valence-corrected chi connectivity index (χ1v) is 9.89. The smallest absolute Gasteiger partial charge is 0.157 e. The molecule has 0 radical (unpaired) electrons. The van der Waals surface area contributed by atoms with Crippen molar-refractivity contribution in [1.82, 2.24) is 5.32 Å². The van der Waals surface area contributed by atoms with Gasteiger partial charge in [0.1, 0.15) is 0 Å². The van der Waals surface area contributed by atoms with E-state index in [1.54, 1.807) is 0 Å². The van der Waals surface area contributed by atoms with Gasteiger partial charge in [0.2, 0.25) is 0 Å². The largest absolute Gasteiger partial charge is 0.359 e. The van der Waals surface area contributed by atoms with E-state index in [4.69, 9.17) is 4.99 Å². The Morgan fingerprint density at radius 3 is 2.90 bits per heavy atom. The number of nitrogens with one attached hydrogen (secondary N) is 1. The lowest BCUT2D eigenvalue weighted by Crippen LogP contribution is -2.47. The standard InChI is InChI=1S/C18H34N2S/c1-5-6-7-10-17(3,4)13-19-16-20-18(14-21-16)11-8-9-15(2)12-18/h15H,5-14H2,1-4H3,(H,19,20). The van der Waals surface area contributed by atoms with Gasteiger partial charge >= 0.3 is 0 Å². The number of nitrogens with zero attached hydrogens (tertiary/aromatic N) is 1. The third-order valence-electron chi connectivity index (χ3n) is 5.06. The molecule has 0 aromatic rings. The van der Waals surface area contributed by atoms with Gasteiger partial charge in [0.25, 0.3) is 0 Å². The minimum Gasteiger partial charge on any atom is -0.359 e. The molecule has 1 aliphatic carbocycles. The van der Waals surface area contributed by atoms with Crippen LogP contribution in [0.15, 0.2) is 4.99 Å². The van der Waals surface area contributed by atoms with E-state index in [1.807, 2.05) is 11.8 Å². The Bertz CT molecular complexity index is 364. The lowest BCUT2D eigenvalue weighted by Gasteiger charge is -2.36. The summed E-state index contributed by atoms with van der Waals surface area (Å²) in [5.41, 5.74) is 0.716. The van der Waals surface area contributed by atoms with Gasteiger partial charge in [-0.05, 0) is 30.6 Å². The van der Waals surface area contributed by atoms with Crippen molar-refractivity contribution in [3.8, 4) is 0 Å². The zero-order chi connectivity index (χ0) is 15.3. The van der Waals surface area contributed by atoms with Crippen molar-refractivity contribution < 1.29 is 0 Å². The molecule has 1 saturated carbocycles. The number of unbranched alkanes of at least 4 members (excludes halogenated alkanes) is 2. The van der Waals surface area contributed by atoms with Crippen LogP contribution < -0.4 is 5.32 Å². The molecule has 21 heavy (non-hydrogen) atoms. The van der Waals surface area contributed by atoms with E-state index in [2.05, 4.69) is 33.0 Å². The maximum Gasteiger partial charge on any atom is 0.157 e. The van der Waals surface area contributed by atoms with Gasteiger partial charge in [0.05, 0.1) is 0 Å². The average Bonchev–Trinajstić information content (AvgIpc) is 2.79. The lowest BCUT2D eigenvalue weighted by molar-refractivity contribution is 0.242. The molecule has 2 nitrogen and oxygen atoms in total. The summed E-state index contributed by atoms with van der Waals surface area (Å²) in [6, 6.07) is 0. The van der Waals surface area contributed by atoms with Gasteiger partial charge in [-0.3, -0.25) is 4.99 Å². The number of hydrogen-bond donors (Lipinski definition) is 1. The minimum atomic E-state index is 0.347. The van der Waals surface area contributed by atoms with Gasteiger partial charge < -0.3 is 5.32 Å². The van der Waals surface area contributed by atoms with Gasteiger partial charge in [-0.2, -0.15) is 0 Å². The average molecular weight is 311 g/mol. The highest BCUT2D eigenvalue weighted by Gasteiger charge is 2.40. The molecular formula is C18H34N2S. The first-order chi connectivity index (χ1) is 9.95. The maximum atomic E-state index is 4.92. The van der Waals surface area contributed by atoms with Gasteiger partial charge in [-0.15, -0.1) is 0 Å². The molecule has 1 saturated heterocycles. The molecule has 3 heteroatoms. The molecule has 0 aromatic heterocycles. The van der Waals surface area contributed by atoms with E-state index in [0.717, 1.165) is 12.5 Å². The van der Waals surface area contributed by atoms with E-state index in [1.165, 1.54) is 62.3 Å². The number of hydrogen-bond acceptors (Lipinski definition) is 2. The van der Waals surface area contributed by atoms with Crippen molar-refractivity contribution in [2.45, 2.75) is 84.6 Å². The van der Waals surface area contributed by atoms with Crippen LogP contribution in [0.4, 0.5) is 0 Å². The van der Waals surface area contributed by atoms with Crippen LogP contribution in [0.2, 0.25) is 0 Å². The van der Waals surface area contributed by atoms with Crippen molar-refractivity contribution >= 4 is 16.9 Å². The van der Waals surface area contributed by atoms with Crippen molar-refractivity contribution in [3.63, 3.8) is 0 Å². The minimum absolute atomic E-state index is 0.347. The Balaban J connectivity index is 1.83. The van der Waals surface area contributed by atoms with Crippen LogP contribution in [0, 0.1) is 11.3 Å². The summed E-state index contributed by atoms with van der Waals surface area (Å²) in [7, 11) is 0. The van der Waals surface area contributed by atoms with E-state index in [9.17, 15) is 0 Å². The normalized spacial score (nSPS) is 31.8. The molecule has 1 heterocycles. The summed E-state index contributed by atoms with van der Waals surface area (Å²) in [6.45, 7) is 10.4. The summed E-state index contributed by atoms with van der Waals surface area (Å²) in [4.78, 5) is 4.92. The van der Waals surface area contributed by atoms with Crippen molar-refractivity contribution in [1.29, 1.82) is 0 Å². The molecule has 1 N–H and O–H groups in total. The number of aliphatic imine (C=N–C) groups is 1. The van der Waals surface area contributed by atoms with Gasteiger partial charge in [-0.1, -0.05) is 71.6 Å².